The Hall–Kier alpha value is -1.80. The van der Waals surface area contributed by atoms with Crippen molar-refractivity contribution in [2.75, 3.05) is 25.3 Å². The third kappa shape index (κ3) is 6.21. The van der Waals surface area contributed by atoms with Gasteiger partial charge in [0.2, 0.25) is 11.0 Å². The molecule has 2 aromatic rings. The molecule has 0 aliphatic rings. The number of carbonyl (C=O) groups is 1. The van der Waals surface area contributed by atoms with E-state index in [2.05, 4.69) is 29.4 Å². The number of thioether (sulfide) groups is 1. The molecule has 2 rings (SSSR count). The third-order valence-corrected chi connectivity index (χ3v) is 5.68. The van der Waals surface area contributed by atoms with E-state index in [1.54, 1.807) is 26.0 Å². The Kier molecular flexibility index (Phi) is 7.52. The molecule has 1 aromatic heterocycles. The summed E-state index contributed by atoms with van der Waals surface area (Å²) in [5.74, 6) is 2.84. The minimum Gasteiger partial charge on any atom is -0.493 e. The molecule has 1 amide bonds. The van der Waals surface area contributed by atoms with Crippen LogP contribution in [0, 0.1) is 5.92 Å². The van der Waals surface area contributed by atoms with Crippen LogP contribution in [-0.4, -0.2) is 36.1 Å². The average molecular weight is 382 g/mol. The van der Waals surface area contributed by atoms with Crippen LogP contribution in [0.15, 0.2) is 22.5 Å². The van der Waals surface area contributed by atoms with Crippen molar-refractivity contribution in [3.05, 3.63) is 23.8 Å². The maximum atomic E-state index is 12.1. The monoisotopic (exact) mass is 381 g/mol. The smallest absolute Gasteiger partial charge is 0.226 e. The van der Waals surface area contributed by atoms with Crippen molar-refractivity contribution in [3.8, 4) is 11.5 Å². The van der Waals surface area contributed by atoms with Crippen molar-refractivity contribution < 1.29 is 14.3 Å². The first kappa shape index (κ1) is 19.5. The van der Waals surface area contributed by atoms with Gasteiger partial charge in [0, 0.05) is 12.2 Å². The van der Waals surface area contributed by atoms with Crippen molar-refractivity contribution in [2.24, 2.45) is 5.92 Å². The number of ether oxygens (including phenoxy) is 2. The largest absolute Gasteiger partial charge is 0.493 e. The summed E-state index contributed by atoms with van der Waals surface area (Å²) >= 11 is 3.07. The Bertz CT molecular complexity index is 704. The topological polar surface area (TPSA) is 73.3 Å². The number of rotatable bonds is 9. The average Bonchev–Trinajstić information content (AvgIpc) is 3.05. The van der Waals surface area contributed by atoms with Gasteiger partial charge in [0.1, 0.15) is 0 Å². The normalized spacial score (nSPS) is 10.8. The van der Waals surface area contributed by atoms with E-state index >= 15 is 0 Å². The lowest BCUT2D eigenvalue weighted by Gasteiger charge is -2.09. The number of methoxy groups -OCH3 is 2. The minimum atomic E-state index is -0.0775. The fraction of sp³-hybridized carbons (Fsp3) is 0.471. The van der Waals surface area contributed by atoms with Gasteiger partial charge in [-0.1, -0.05) is 43.0 Å². The van der Waals surface area contributed by atoms with Crippen LogP contribution in [0.4, 0.5) is 5.13 Å². The number of carbonyl (C=O) groups excluding carboxylic acids is 1. The van der Waals surface area contributed by atoms with Crippen LogP contribution < -0.4 is 14.8 Å². The van der Waals surface area contributed by atoms with Crippen LogP contribution in [0.1, 0.15) is 25.8 Å². The molecule has 25 heavy (non-hydrogen) atoms. The molecule has 0 bridgehead atoms. The number of aromatic nitrogens is 2. The summed E-state index contributed by atoms with van der Waals surface area (Å²) in [6, 6.07) is 5.66. The van der Waals surface area contributed by atoms with Crippen molar-refractivity contribution in [1.82, 2.24) is 10.2 Å². The minimum absolute atomic E-state index is 0.0775. The van der Waals surface area contributed by atoms with E-state index in [1.807, 2.05) is 18.2 Å². The van der Waals surface area contributed by atoms with Crippen LogP contribution in [0.25, 0.3) is 0 Å². The van der Waals surface area contributed by atoms with Crippen molar-refractivity contribution in [1.29, 1.82) is 0 Å². The first-order valence-electron chi connectivity index (χ1n) is 7.99. The lowest BCUT2D eigenvalue weighted by Crippen LogP contribution is -2.12. The Morgan fingerprint density at radius 3 is 2.68 bits per heavy atom. The highest BCUT2D eigenvalue weighted by molar-refractivity contribution is 8.01. The summed E-state index contributed by atoms with van der Waals surface area (Å²) in [5.41, 5.74) is 1.01. The molecule has 136 valence electrons. The summed E-state index contributed by atoms with van der Waals surface area (Å²) in [7, 11) is 3.19. The SMILES string of the molecule is COc1ccc(CCC(=O)Nc2nnc(SCC(C)C)s2)cc1OC. The van der Waals surface area contributed by atoms with Gasteiger partial charge in [-0.3, -0.25) is 4.79 Å². The molecule has 0 radical (unpaired) electrons. The zero-order chi connectivity index (χ0) is 18.2. The Balaban J connectivity index is 1.84. The Morgan fingerprint density at radius 1 is 1.24 bits per heavy atom. The van der Waals surface area contributed by atoms with Gasteiger partial charge in [-0.05, 0) is 30.0 Å². The second-order valence-corrected chi connectivity index (χ2v) is 8.06. The van der Waals surface area contributed by atoms with Gasteiger partial charge in [0.25, 0.3) is 0 Å². The van der Waals surface area contributed by atoms with E-state index in [4.69, 9.17) is 9.47 Å². The third-order valence-electron chi connectivity index (χ3n) is 3.28. The van der Waals surface area contributed by atoms with E-state index in [-0.39, 0.29) is 5.91 Å². The van der Waals surface area contributed by atoms with Gasteiger partial charge < -0.3 is 14.8 Å². The van der Waals surface area contributed by atoms with Crippen LogP contribution in [0.2, 0.25) is 0 Å². The number of anilines is 1. The van der Waals surface area contributed by atoms with E-state index < -0.39 is 0 Å². The first-order valence-corrected chi connectivity index (χ1v) is 9.79. The second kappa shape index (κ2) is 9.62. The number of hydrogen-bond acceptors (Lipinski definition) is 7. The lowest BCUT2D eigenvalue weighted by atomic mass is 10.1. The van der Waals surface area contributed by atoms with Crippen molar-refractivity contribution in [3.63, 3.8) is 0 Å². The lowest BCUT2D eigenvalue weighted by molar-refractivity contribution is -0.116. The maximum Gasteiger partial charge on any atom is 0.226 e. The van der Waals surface area contributed by atoms with Crippen LogP contribution >= 0.6 is 23.1 Å². The van der Waals surface area contributed by atoms with Crippen molar-refractivity contribution >= 4 is 34.1 Å². The fourth-order valence-electron chi connectivity index (χ4n) is 2.03. The highest BCUT2D eigenvalue weighted by atomic mass is 32.2. The summed E-state index contributed by atoms with van der Waals surface area (Å²) in [6.07, 6.45) is 0.976. The predicted octanol–water partition coefficient (Wildman–Crippen LogP) is 3.87. The number of nitrogens with zero attached hydrogens (tertiary/aromatic N) is 2. The quantitative estimate of drug-likeness (QED) is 0.525. The number of amides is 1. The Labute approximate surface area is 156 Å². The predicted molar refractivity (Wildman–Crippen MR) is 102 cm³/mol. The van der Waals surface area contributed by atoms with Crippen LogP contribution in [0.3, 0.4) is 0 Å². The molecule has 0 unspecified atom stereocenters. The Morgan fingerprint density at radius 2 is 2.00 bits per heavy atom. The first-order chi connectivity index (χ1) is 12.0. The molecule has 0 fully saturated rings. The molecule has 0 spiro atoms. The summed E-state index contributed by atoms with van der Waals surface area (Å²) in [5, 5.41) is 11.5. The standard InChI is InChI=1S/C17H23N3O3S2/c1-11(2)10-24-17-20-19-16(25-17)18-15(21)8-6-12-5-7-13(22-3)14(9-12)23-4/h5,7,9,11H,6,8,10H2,1-4H3,(H,18,19,21). The molecular weight excluding hydrogens is 358 g/mol. The number of hydrogen-bond donors (Lipinski definition) is 1. The van der Waals surface area contributed by atoms with Gasteiger partial charge in [0.15, 0.2) is 15.8 Å². The summed E-state index contributed by atoms with van der Waals surface area (Å²) < 4.78 is 11.4. The van der Waals surface area contributed by atoms with Gasteiger partial charge in [-0.25, -0.2) is 0 Å². The zero-order valence-electron chi connectivity index (χ0n) is 14.9. The molecule has 1 aromatic carbocycles. The van der Waals surface area contributed by atoms with Crippen LogP contribution in [0.5, 0.6) is 11.5 Å². The highest BCUT2D eigenvalue weighted by Crippen LogP contribution is 2.29. The number of aryl methyl sites for hydroxylation is 1. The van der Waals surface area contributed by atoms with Gasteiger partial charge in [-0.2, -0.15) is 0 Å². The van der Waals surface area contributed by atoms with Gasteiger partial charge >= 0.3 is 0 Å². The number of benzene rings is 1. The van der Waals surface area contributed by atoms with Gasteiger partial charge in [-0.15, -0.1) is 10.2 Å². The summed E-state index contributed by atoms with van der Waals surface area (Å²) in [6.45, 7) is 4.32. The van der Waals surface area contributed by atoms with E-state index in [9.17, 15) is 4.79 Å². The molecule has 8 heteroatoms. The van der Waals surface area contributed by atoms with E-state index in [1.165, 1.54) is 11.3 Å². The maximum absolute atomic E-state index is 12.1. The van der Waals surface area contributed by atoms with Gasteiger partial charge in [0.05, 0.1) is 14.2 Å². The molecule has 0 aliphatic carbocycles. The molecule has 6 nitrogen and oxygen atoms in total. The molecule has 0 atom stereocenters. The highest BCUT2D eigenvalue weighted by Gasteiger charge is 2.10. The molecule has 0 saturated heterocycles. The molecule has 1 heterocycles. The number of nitrogens with one attached hydrogen (secondary N) is 1. The van der Waals surface area contributed by atoms with Crippen LogP contribution in [-0.2, 0) is 11.2 Å². The molecule has 0 saturated carbocycles. The summed E-state index contributed by atoms with van der Waals surface area (Å²) in [4.78, 5) is 12.1. The zero-order valence-corrected chi connectivity index (χ0v) is 16.5. The second-order valence-electron chi connectivity index (χ2n) is 5.82. The molecule has 0 aliphatic heterocycles. The molecular formula is C17H23N3O3S2. The molecule has 1 N–H and O–H groups in total. The van der Waals surface area contributed by atoms with E-state index in [0.717, 1.165) is 15.7 Å². The van der Waals surface area contributed by atoms with E-state index in [0.29, 0.717) is 35.4 Å². The van der Waals surface area contributed by atoms with Crippen molar-refractivity contribution in [2.45, 2.75) is 31.0 Å². The fourth-order valence-corrected chi connectivity index (χ4v) is 3.78.